The minimum atomic E-state index is -0.248. The SMILES string of the molecule is CCn1c(SC(C)C(=O)NC2CCCc3ccccc32)nnc1-c1ccccc1. The first-order valence-electron chi connectivity index (χ1n) is 10.2. The lowest BCUT2D eigenvalue weighted by atomic mass is 9.88. The topological polar surface area (TPSA) is 59.8 Å². The van der Waals surface area contributed by atoms with E-state index in [0.29, 0.717) is 0 Å². The van der Waals surface area contributed by atoms with E-state index in [4.69, 9.17) is 0 Å². The van der Waals surface area contributed by atoms with E-state index < -0.39 is 0 Å². The van der Waals surface area contributed by atoms with Crippen LogP contribution in [0.5, 0.6) is 0 Å². The molecule has 0 fully saturated rings. The number of carbonyl (C=O) groups is 1. The molecule has 0 aliphatic heterocycles. The van der Waals surface area contributed by atoms with E-state index in [1.54, 1.807) is 0 Å². The highest BCUT2D eigenvalue weighted by Gasteiger charge is 2.25. The van der Waals surface area contributed by atoms with Gasteiger partial charge in [0.15, 0.2) is 11.0 Å². The van der Waals surface area contributed by atoms with Crippen LogP contribution in [0.4, 0.5) is 0 Å². The number of nitrogens with one attached hydrogen (secondary N) is 1. The average molecular weight is 407 g/mol. The van der Waals surface area contributed by atoms with Gasteiger partial charge in [-0.2, -0.15) is 0 Å². The molecular weight excluding hydrogens is 380 g/mol. The van der Waals surface area contributed by atoms with E-state index in [2.05, 4.69) is 51.3 Å². The van der Waals surface area contributed by atoms with Gasteiger partial charge in [0.2, 0.25) is 5.91 Å². The third-order valence-corrected chi connectivity index (χ3v) is 6.48. The molecule has 3 aromatic rings. The fraction of sp³-hybridized carbons (Fsp3) is 0.348. The molecule has 0 bridgehead atoms. The van der Waals surface area contributed by atoms with Crippen LogP contribution in [0.15, 0.2) is 59.8 Å². The van der Waals surface area contributed by atoms with Crippen LogP contribution in [-0.4, -0.2) is 25.9 Å². The van der Waals surface area contributed by atoms with Crippen LogP contribution in [0.1, 0.15) is 43.9 Å². The molecule has 1 aliphatic carbocycles. The summed E-state index contributed by atoms with van der Waals surface area (Å²) in [4.78, 5) is 12.9. The second-order valence-corrected chi connectivity index (χ2v) is 8.64. The van der Waals surface area contributed by atoms with Gasteiger partial charge in [0.1, 0.15) is 0 Å². The van der Waals surface area contributed by atoms with Crippen molar-refractivity contribution in [3.63, 3.8) is 0 Å². The number of hydrogen-bond acceptors (Lipinski definition) is 4. The second-order valence-electron chi connectivity index (χ2n) is 7.33. The van der Waals surface area contributed by atoms with Gasteiger partial charge in [0.05, 0.1) is 11.3 Å². The van der Waals surface area contributed by atoms with Crippen molar-refractivity contribution < 1.29 is 4.79 Å². The summed E-state index contributed by atoms with van der Waals surface area (Å²) < 4.78 is 2.07. The van der Waals surface area contributed by atoms with Gasteiger partial charge in [-0.25, -0.2) is 0 Å². The summed E-state index contributed by atoms with van der Waals surface area (Å²) in [6.45, 7) is 4.76. The Kier molecular flexibility index (Phi) is 6.00. The zero-order valence-electron chi connectivity index (χ0n) is 16.8. The maximum absolute atomic E-state index is 12.9. The lowest BCUT2D eigenvalue weighted by Gasteiger charge is -2.27. The largest absolute Gasteiger partial charge is 0.348 e. The predicted octanol–water partition coefficient (Wildman–Crippen LogP) is 4.64. The fourth-order valence-electron chi connectivity index (χ4n) is 3.87. The van der Waals surface area contributed by atoms with Crippen molar-refractivity contribution in [2.45, 2.75) is 56.1 Å². The monoisotopic (exact) mass is 406 g/mol. The minimum Gasteiger partial charge on any atom is -0.348 e. The maximum Gasteiger partial charge on any atom is 0.233 e. The van der Waals surface area contributed by atoms with Crippen LogP contribution in [0.25, 0.3) is 11.4 Å². The molecule has 1 N–H and O–H groups in total. The Hall–Kier alpha value is -2.60. The second kappa shape index (κ2) is 8.82. The lowest BCUT2D eigenvalue weighted by Crippen LogP contribution is -2.36. The van der Waals surface area contributed by atoms with Gasteiger partial charge in [-0.1, -0.05) is 66.4 Å². The normalized spacial score (nSPS) is 16.8. The zero-order chi connectivity index (χ0) is 20.2. The van der Waals surface area contributed by atoms with Gasteiger partial charge in [-0.05, 0) is 44.2 Å². The van der Waals surface area contributed by atoms with Crippen molar-refractivity contribution in [1.82, 2.24) is 20.1 Å². The van der Waals surface area contributed by atoms with E-state index in [0.717, 1.165) is 42.4 Å². The molecular formula is C23H26N4OS. The van der Waals surface area contributed by atoms with E-state index in [-0.39, 0.29) is 17.2 Å². The number of benzene rings is 2. The van der Waals surface area contributed by atoms with Gasteiger partial charge in [-0.15, -0.1) is 10.2 Å². The number of aromatic nitrogens is 3. The Balaban J connectivity index is 1.47. The molecule has 0 saturated carbocycles. The number of nitrogens with zero attached hydrogens (tertiary/aromatic N) is 3. The average Bonchev–Trinajstić information content (AvgIpc) is 3.17. The smallest absolute Gasteiger partial charge is 0.233 e. The van der Waals surface area contributed by atoms with Gasteiger partial charge in [-0.3, -0.25) is 4.79 Å². The Morgan fingerprint density at radius 1 is 1.17 bits per heavy atom. The Morgan fingerprint density at radius 2 is 1.93 bits per heavy atom. The summed E-state index contributed by atoms with van der Waals surface area (Å²) in [5, 5.41) is 12.5. The molecule has 4 rings (SSSR count). The maximum atomic E-state index is 12.9. The highest BCUT2D eigenvalue weighted by Crippen LogP contribution is 2.31. The Morgan fingerprint density at radius 3 is 2.72 bits per heavy atom. The summed E-state index contributed by atoms with van der Waals surface area (Å²) >= 11 is 1.47. The highest BCUT2D eigenvalue weighted by atomic mass is 32.2. The molecule has 1 aliphatic rings. The fourth-order valence-corrected chi connectivity index (χ4v) is 4.79. The molecule has 150 valence electrons. The third kappa shape index (κ3) is 4.22. The first-order chi connectivity index (χ1) is 14.2. The molecule has 1 amide bonds. The van der Waals surface area contributed by atoms with Gasteiger partial charge in [0, 0.05) is 12.1 Å². The summed E-state index contributed by atoms with van der Waals surface area (Å²) in [5.74, 6) is 0.882. The Labute approximate surface area is 175 Å². The van der Waals surface area contributed by atoms with Crippen molar-refractivity contribution >= 4 is 17.7 Å². The first kappa shape index (κ1) is 19.7. The number of rotatable bonds is 6. The summed E-state index contributed by atoms with van der Waals surface area (Å²) in [6, 6.07) is 18.6. The van der Waals surface area contributed by atoms with Crippen LogP contribution in [-0.2, 0) is 17.8 Å². The Bertz CT molecular complexity index is 986. The van der Waals surface area contributed by atoms with Crippen molar-refractivity contribution in [2.24, 2.45) is 0 Å². The quantitative estimate of drug-likeness (QED) is 0.606. The van der Waals surface area contributed by atoms with Crippen LogP contribution >= 0.6 is 11.8 Å². The molecule has 5 nitrogen and oxygen atoms in total. The molecule has 2 atom stereocenters. The molecule has 0 saturated heterocycles. The molecule has 1 aromatic heterocycles. The highest BCUT2D eigenvalue weighted by molar-refractivity contribution is 8.00. The molecule has 29 heavy (non-hydrogen) atoms. The van der Waals surface area contributed by atoms with E-state index >= 15 is 0 Å². The number of thioether (sulfide) groups is 1. The minimum absolute atomic E-state index is 0.0450. The summed E-state index contributed by atoms with van der Waals surface area (Å²) in [6.07, 6.45) is 3.19. The van der Waals surface area contributed by atoms with Crippen molar-refractivity contribution in [3.05, 3.63) is 65.7 Å². The third-order valence-electron chi connectivity index (χ3n) is 5.40. The molecule has 6 heteroatoms. The zero-order valence-corrected chi connectivity index (χ0v) is 17.7. The van der Waals surface area contributed by atoms with Crippen LogP contribution in [0, 0.1) is 0 Å². The standard InChI is InChI=1S/C23H26N4OS/c1-3-27-21(18-11-5-4-6-12-18)25-26-23(27)29-16(2)22(28)24-20-15-9-13-17-10-7-8-14-19(17)20/h4-8,10-12,14,16,20H,3,9,13,15H2,1-2H3,(H,24,28). The van der Waals surface area contributed by atoms with Crippen LogP contribution in [0.2, 0.25) is 0 Å². The lowest BCUT2D eigenvalue weighted by molar-refractivity contribution is -0.121. The molecule has 2 unspecified atom stereocenters. The molecule has 0 spiro atoms. The number of carbonyl (C=O) groups excluding carboxylic acids is 1. The van der Waals surface area contributed by atoms with Gasteiger partial charge >= 0.3 is 0 Å². The predicted molar refractivity (Wildman–Crippen MR) is 117 cm³/mol. The van der Waals surface area contributed by atoms with Gasteiger partial charge < -0.3 is 9.88 Å². The van der Waals surface area contributed by atoms with Gasteiger partial charge in [0.25, 0.3) is 0 Å². The van der Waals surface area contributed by atoms with E-state index in [1.807, 2.05) is 37.3 Å². The summed E-state index contributed by atoms with van der Waals surface area (Å²) in [5.41, 5.74) is 3.64. The first-order valence-corrected chi connectivity index (χ1v) is 11.1. The van der Waals surface area contributed by atoms with E-state index in [1.165, 1.54) is 22.9 Å². The number of hydrogen-bond donors (Lipinski definition) is 1. The molecule has 0 radical (unpaired) electrons. The molecule has 1 heterocycles. The molecule has 2 aromatic carbocycles. The number of aryl methyl sites for hydroxylation is 1. The number of fused-ring (bicyclic) bond motifs is 1. The van der Waals surface area contributed by atoms with Crippen LogP contribution < -0.4 is 5.32 Å². The van der Waals surface area contributed by atoms with Crippen molar-refractivity contribution in [3.8, 4) is 11.4 Å². The number of amides is 1. The van der Waals surface area contributed by atoms with Crippen molar-refractivity contribution in [1.29, 1.82) is 0 Å². The summed E-state index contributed by atoms with van der Waals surface area (Å²) in [7, 11) is 0. The van der Waals surface area contributed by atoms with E-state index in [9.17, 15) is 4.79 Å². The van der Waals surface area contributed by atoms with Crippen LogP contribution in [0.3, 0.4) is 0 Å². The van der Waals surface area contributed by atoms with Crippen molar-refractivity contribution in [2.75, 3.05) is 0 Å².